The second kappa shape index (κ2) is 7.60. The van der Waals surface area contributed by atoms with Gasteiger partial charge in [-0.3, -0.25) is 4.68 Å². The van der Waals surface area contributed by atoms with Crippen LogP contribution >= 0.6 is 0 Å². The van der Waals surface area contributed by atoms with E-state index in [1.165, 1.54) is 29.4 Å². The van der Waals surface area contributed by atoms with Crippen molar-refractivity contribution in [1.29, 1.82) is 0 Å². The smallest absolute Gasteiger partial charge is 0.0706 e. The Kier molecular flexibility index (Phi) is 5.80. The lowest BCUT2D eigenvalue weighted by Gasteiger charge is -2.17. The fraction of sp³-hybridized carbons (Fsp3) is 0.611. The third kappa shape index (κ3) is 4.07. The van der Waals surface area contributed by atoms with Crippen LogP contribution in [0.25, 0.3) is 10.9 Å². The first kappa shape index (κ1) is 16.0. The van der Waals surface area contributed by atoms with Crippen molar-refractivity contribution >= 4 is 10.9 Å². The summed E-state index contributed by atoms with van der Waals surface area (Å²) in [6, 6.07) is 9.17. The largest absolute Gasteiger partial charge is 0.314 e. The summed E-state index contributed by atoms with van der Waals surface area (Å²) in [6.45, 7) is 11.0. The number of para-hydroxylation sites is 1. The third-order valence-corrected chi connectivity index (χ3v) is 4.07. The Labute approximate surface area is 128 Å². The van der Waals surface area contributed by atoms with Crippen LogP contribution in [0.15, 0.2) is 24.3 Å². The number of rotatable bonds is 8. The molecule has 0 saturated heterocycles. The van der Waals surface area contributed by atoms with E-state index in [1.807, 2.05) is 0 Å². The second-order valence-electron chi connectivity index (χ2n) is 6.18. The number of aromatic nitrogens is 2. The number of nitrogens with one attached hydrogen (secondary N) is 1. The summed E-state index contributed by atoms with van der Waals surface area (Å²) >= 11 is 0. The molecule has 0 spiro atoms. The number of hydrogen-bond acceptors (Lipinski definition) is 2. The Morgan fingerprint density at radius 2 is 1.95 bits per heavy atom. The van der Waals surface area contributed by atoms with Crippen LogP contribution in [0.2, 0.25) is 0 Å². The van der Waals surface area contributed by atoms with E-state index in [2.05, 4.69) is 62.0 Å². The van der Waals surface area contributed by atoms with Crippen molar-refractivity contribution in [1.82, 2.24) is 15.1 Å². The Bertz CT molecular complexity index is 559. The lowest BCUT2D eigenvalue weighted by Crippen LogP contribution is -2.28. The Morgan fingerprint density at radius 3 is 2.67 bits per heavy atom. The molecule has 116 valence electrons. The van der Waals surface area contributed by atoms with E-state index < -0.39 is 0 Å². The highest BCUT2D eigenvalue weighted by Gasteiger charge is 2.14. The minimum absolute atomic E-state index is 0.583. The van der Waals surface area contributed by atoms with Gasteiger partial charge in [0.15, 0.2) is 0 Å². The van der Waals surface area contributed by atoms with Crippen LogP contribution in [0, 0.1) is 5.92 Å². The molecule has 21 heavy (non-hydrogen) atoms. The standard InChI is InChI=1S/C18H29N3/c1-5-11-19-15(4)12-14(3)13-17-16-9-7-8-10-18(16)21(6-2)20-17/h7-10,14-15,19H,5-6,11-13H2,1-4H3. The second-order valence-corrected chi connectivity index (χ2v) is 6.18. The molecule has 0 bridgehead atoms. The van der Waals surface area contributed by atoms with Gasteiger partial charge in [0.1, 0.15) is 0 Å². The summed E-state index contributed by atoms with van der Waals surface area (Å²) in [5.41, 5.74) is 2.52. The van der Waals surface area contributed by atoms with E-state index in [9.17, 15) is 0 Å². The van der Waals surface area contributed by atoms with E-state index >= 15 is 0 Å². The molecule has 1 N–H and O–H groups in total. The van der Waals surface area contributed by atoms with Gasteiger partial charge in [0.05, 0.1) is 11.2 Å². The first-order chi connectivity index (χ1) is 10.2. The van der Waals surface area contributed by atoms with Crippen LogP contribution in [0.1, 0.15) is 46.2 Å². The quantitative estimate of drug-likeness (QED) is 0.795. The average Bonchev–Trinajstić information content (AvgIpc) is 2.83. The molecule has 0 amide bonds. The maximum Gasteiger partial charge on any atom is 0.0706 e. The van der Waals surface area contributed by atoms with E-state index in [4.69, 9.17) is 5.10 Å². The molecule has 1 aromatic heterocycles. The molecule has 1 aromatic carbocycles. The summed E-state index contributed by atoms with van der Waals surface area (Å²) in [7, 11) is 0. The first-order valence-corrected chi connectivity index (χ1v) is 8.33. The third-order valence-electron chi connectivity index (χ3n) is 4.07. The van der Waals surface area contributed by atoms with Gasteiger partial charge in [-0.05, 0) is 51.6 Å². The zero-order valence-corrected chi connectivity index (χ0v) is 13.9. The lowest BCUT2D eigenvalue weighted by molar-refractivity contribution is 0.416. The maximum absolute atomic E-state index is 4.81. The highest BCUT2D eigenvalue weighted by atomic mass is 15.3. The van der Waals surface area contributed by atoms with Gasteiger partial charge in [0.25, 0.3) is 0 Å². The molecule has 0 aliphatic rings. The normalized spacial score (nSPS) is 14.5. The summed E-state index contributed by atoms with van der Waals surface area (Å²) in [5, 5.41) is 9.71. The number of nitrogens with zero attached hydrogens (tertiary/aromatic N) is 2. The van der Waals surface area contributed by atoms with Crippen molar-refractivity contribution in [3.8, 4) is 0 Å². The summed E-state index contributed by atoms with van der Waals surface area (Å²) < 4.78 is 2.12. The highest BCUT2D eigenvalue weighted by molar-refractivity contribution is 5.81. The minimum Gasteiger partial charge on any atom is -0.314 e. The fourth-order valence-corrected chi connectivity index (χ4v) is 3.08. The van der Waals surface area contributed by atoms with E-state index in [1.54, 1.807) is 0 Å². The van der Waals surface area contributed by atoms with Gasteiger partial charge in [-0.2, -0.15) is 5.10 Å². The van der Waals surface area contributed by atoms with E-state index in [0.29, 0.717) is 12.0 Å². The molecule has 0 saturated carbocycles. The van der Waals surface area contributed by atoms with Gasteiger partial charge in [-0.25, -0.2) is 0 Å². The van der Waals surface area contributed by atoms with Crippen molar-refractivity contribution in [3.63, 3.8) is 0 Å². The van der Waals surface area contributed by atoms with Gasteiger partial charge in [-0.15, -0.1) is 0 Å². The molecule has 1 heterocycles. The van der Waals surface area contributed by atoms with Crippen molar-refractivity contribution in [2.75, 3.05) is 6.54 Å². The van der Waals surface area contributed by atoms with Crippen LogP contribution in [-0.2, 0) is 13.0 Å². The van der Waals surface area contributed by atoms with Crippen LogP contribution in [-0.4, -0.2) is 22.4 Å². The number of fused-ring (bicyclic) bond motifs is 1. The Hall–Kier alpha value is -1.35. The summed E-state index contributed by atoms with van der Waals surface area (Å²) in [4.78, 5) is 0. The van der Waals surface area contributed by atoms with Crippen molar-refractivity contribution in [2.45, 2.75) is 59.5 Å². The van der Waals surface area contributed by atoms with Gasteiger partial charge in [-0.1, -0.05) is 32.0 Å². The maximum atomic E-state index is 4.81. The average molecular weight is 287 g/mol. The van der Waals surface area contributed by atoms with Crippen LogP contribution in [0.4, 0.5) is 0 Å². The molecule has 0 aliphatic heterocycles. The molecule has 3 heteroatoms. The Morgan fingerprint density at radius 1 is 1.19 bits per heavy atom. The minimum atomic E-state index is 0.583. The van der Waals surface area contributed by atoms with Gasteiger partial charge < -0.3 is 5.32 Å². The molecule has 2 unspecified atom stereocenters. The zero-order valence-electron chi connectivity index (χ0n) is 13.9. The number of aryl methyl sites for hydroxylation is 1. The predicted molar refractivity (Wildman–Crippen MR) is 90.6 cm³/mol. The predicted octanol–water partition coefficient (Wildman–Crippen LogP) is 4.01. The van der Waals surface area contributed by atoms with Crippen LogP contribution in [0.5, 0.6) is 0 Å². The van der Waals surface area contributed by atoms with Crippen molar-refractivity contribution in [3.05, 3.63) is 30.0 Å². The highest BCUT2D eigenvalue weighted by Crippen LogP contribution is 2.22. The van der Waals surface area contributed by atoms with Gasteiger partial charge >= 0.3 is 0 Å². The SMILES string of the molecule is CCCNC(C)CC(C)Cc1nn(CC)c2ccccc12. The van der Waals surface area contributed by atoms with E-state index in [-0.39, 0.29) is 0 Å². The lowest BCUT2D eigenvalue weighted by atomic mass is 9.96. The van der Waals surface area contributed by atoms with E-state index in [0.717, 1.165) is 19.5 Å². The topological polar surface area (TPSA) is 29.9 Å². The first-order valence-electron chi connectivity index (χ1n) is 8.33. The number of benzene rings is 1. The summed E-state index contributed by atoms with van der Waals surface area (Å²) in [5.74, 6) is 0.646. The molecule has 0 fully saturated rings. The Balaban J connectivity index is 2.05. The molecule has 2 atom stereocenters. The van der Waals surface area contributed by atoms with Crippen LogP contribution < -0.4 is 5.32 Å². The van der Waals surface area contributed by atoms with Gasteiger partial charge in [0.2, 0.25) is 0 Å². The molecule has 3 nitrogen and oxygen atoms in total. The number of hydrogen-bond donors (Lipinski definition) is 1. The van der Waals surface area contributed by atoms with Crippen LogP contribution in [0.3, 0.4) is 0 Å². The molecular formula is C18H29N3. The molecule has 2 aromatic rings. The summed E-state index contributed by atoms with van der Waals surface area (Å²) in [6.07, 6.45) is 3.46. The molecular weight excluding hydrogens is 258 g/mol. The fourth-order valence-electron chi connectivity index (χ4n) is 3.08. The van der Waals surface area contributed by atoms with Gasteiger partial charge in [0, 0.05) is 18.0 Å². The van der Waals surface area contributed by atoms with Crippen molar-refractivity contribution in [2.24, 2.45) is 5.92 Å². The molecule has 0 radical (unpaired) electrons. The zero-order chi connectivity index (χ0) is 15.2. The molecule has 0 aliphatic carbocycles. The van der Waals surface area contributed by atoms with Crippen molar-refractivity contribution < 1.29 is 0 Å². The monoisotopic (exact) mass is 287 g/mol. The molecule has 2 rings (SSSR count).